The zero-order valence-corrected chi connectivity index (χ0v) is 13.6. The normalized spacial score (nSPS) is 12.3. The van der Waals surface area contributed by atoms with Crippen LogP contribution in [0.5, 0.6) is 0 Å². The fourth-order valence-electron chi connectivity index (χ4n) is 1.09. The summed E-state index contributed by atoms with van der Waals surface area (Å²) in [6, 6.07) is 5.99. The summed E-state index contributed by atoms with van der Waals surface area (Å²) in [6.45, 7) is 5.52. The third-order valence-corrected chi connectivity index (χ3v) is 3.06. The Hall–Kier alpha value is -1.88. The molecular formula is C12H23N5O4S. The Morgan fingerprint density at radius 1 is 1.32 bits per heavy atom. The van der Waals surface area contributed by atoms with Crippen LogP contribution in [-0.2, 0) is 10.1 Å². The van der Waals surface area contributed by atoms with Gasteiger partial charge in [-0.05, 0) is 32.9 Å². The SMILES string of the molecule is CC(C)(O)CNN/C(N)=N\N.Cc1ccc(S(=O)(=O)O)cc1. The van der Waals surface area contributed by atoms with Gasteiger partial charge in [-0.1, -0.05) is 17.7 Å². The second kappa shape index (κ2) is 8.54. The van der Waals surface area contributed by atoms with Crippen LogP contribution in [0.1, 0.15) is 19.4 Å². The molecule has 126 valence electrons. The first-order valence-electron chi connectivity index (χ1n) is 6.24. The van der Waals surface area contributed by atoms with E-state index in [2.05, 4.69) is 16.0 Å². The number of hydrogen-bond acceptors (Lipinski definition) is 6. The van der Waals surface area contributed by atoms with E-state index >= 15 is 0 Å². The summed E-state index contributed by atoms with van der Waals surface area (Å²) in [5, 5.41) is 12.3. The zero-order valence-electron chi connectivity index (χ0n) is 12.7. The summed E-state index contributed by atoms with van der Waals surface area (Å²) in [6.07, 6.45) is 0. The highest BCUT2D eigenvalue weighted by Gasteiger charge is 2.10. The summed E-state index contributed by atoms with van der Waals surface area (Å²) in [7, 11) is -4.02. The fraction of sp³-hybridized carbons (Fsp3) is 0.417. The highest BCUT2D eigenvalue weighted by molar-refractivity contribution is 7.85. The van der Waals surface area contributed by atoms with Gasteiger partial charge < -0.3 is 16.7 Å². The van der Waals surface area contributed by atoms with Gasteiger partial charge in [0.15, 0.2) is 0 Å². The van der Waals surface area contributed by atoms with Crippen molar-refractivity contribution in [3.05, 3.63) is 29.8 Å². The number of hydrogen-bond donors (Lipinski definition) is 6. The number of aryl methyl sites for hydroxylation is 1. The number of guanidine groups is 1. The summed E-state index contributed by atoms with van der Waals surface area (Å²) in [4.78, 5) is -0.0666. The molecule has 8 N–H and O–H groups in total. The number of rotatable bonds is 4. The van der Waals surface area contributed by atoms with E-state index in [9.17, 15) is 13.5 Å². The van der Waals surface area contributed by atoms with Crippen molar-refractivity contribution in [1.82, 2.24) is 10.9 Å². The molecule has 0 aliphatic rings. The second-order valence-electron chi connectivity index (χ2n) is 5.09. The molecule has 0 aliphatic carbocycles. The molecule has 0 bridgehead atoms. The number of benzene rings is 1. The molecule has 1 aromatic carbocycles. The molecule has 1 rings (SSSR count). The maximum Gasteiger partial charge on any atom is 0.294 e. The molecule has 0 saturated carbocycles. The van der Waals surface area contributed by atoms with Crippen molar-refractivity contribution in [3.63, 3.8) is 0 Å². The van der Waals surface area contributed by atoms with Crippen molar-refractivity contribution < 1.29 is 18.1 Å². The topological polar surface area (TPSA) is 163 Å². The summed E-state index contributed by atoms with van der Waals surface area (Å²) >= 11 is 0. The van der Waals surface area contributed by atoms with Gasteiger partial charge >= 0.3 is 0 Å². The molecule has 0 amide bonds. The minimum absolute atomic E-state index is 0.0666. The highest BCUT2D eigenvalue weighted by atomic mass is 32.2. The Morgan fingerprint density at radius 3 is 2.18 bits per heavy atom. The van der Waals surface area contributed by atoms with Crippen LogP contribution in [0.25, 0.3) is 0 Å². The van der Waals surface area contributed by atoms with Gasteiger partial charge in [-0.15, -0.1) is 5.10 Å². The Morgan fingerprint density at radius 2 is 1.82 bits per heavy atom. The van der Waals surface area contributed by atoms with Gasteiger partial charge in [-0.3, -0.25) is 9.98 Å². The average Bonchev–Trinajstić information content (AvgIpc) is 2.37. The van der Waals surface area contributed by atoms with Crippen LogP contribution in [-0.4, -0.2) is 36.2 Å². The van der Waals surface area contributed by atoms with E-state index in [1.807, 2.05) is 6.92 Å². The van der Waals surface area contributed by atoms with E-state index in [1.165, 1.54) is 12.1 Å². The number of nitrogens with one attached hydrogen (secondary N) is 2. The van der Waals surface area contributed by atoms with Gasteiger partial charge in [0.05, 0.1) is 10.5 Å². The zero-order chi connectivity index (χ0) is 17.4. The van der Waals surface area contributed by atoms with E-state index in [1.54, 1.807) is 26.0 Å². The lowest BCUT2D eigenvalue weighted by molar-refractivity contribution is 0.0780. The van der Waals surface area contributed by atoms with Crippen molar-refractivity contribution in [2.45, 2.75) is 31.3 Å². The largest absolute Gasteiger partial charge is 0.389 e. The van der Waals surface area contributed by atoms with Gasteiger partial charge in [-0.2, -0.15) is 8.42 Å². The fourth-order valence-corrected chi connectivity index (χ4v) is 1.57. The molecule has 1 aromatic rings. The molecule has 0 unspecified atom stereocenters. The van der Waals surface area contributed by atoms with E-state index in [4.69, 9.17) is 16.1 Å². The van der Waals surface area contributed by atoms with Crippen LogP contribution < -0.4 is 22.4 Å². The Labute approximate surface area is 130 Å². The van der Waals surface area contributed by atoms with Crippen molar-refractivity contribution in [2.24, 2.45) is 16.7 Å². The minimum Gasteiger partial charge on any atom is -0.389 e. The molecule has 9 nitrogen and oxygen atoms in total. The Bertz CT molecular complexity index is 579. The lowest BCUT2D eigenvalue weighted by Gasteiger charge is -2.17. The van der Waals surface area contributed by atoms with Crippen molar-refractivity contribution in [3.8, 4) is 0 Å². The van der Waals surface area contributed by atoms with Crippen LogP contribution in [0.15, 0.2) is 34.3 Å². The number of hydrazone groups is 1. The molecule has 0 fully saturated rings. The number of hydrazine groups is 1. The maximum absolute atomic E-state index is 10.5. The Kier molecular flexibility index (Phi) is 7.81. The third-order valence-electron chi connectivity index (χ3n) is 2.20. The van der Waals surface area contributed by atoms with Gasteiger partial charge in [0, 0.05) is 6.54 Å². The average molecular weight is 333 g/mol. The number of aliphatic hydroxyl groups is 1. The molecule has 10 heteroatoms. The van der Waals surface area contributed by atoms with Crippen molar-refractivity contribution >= 4 is 16.1 Å². The minimum atomic E-state index is -4.02. The first kappa shape index (κ1) is 20.1. The lowest BCUT2D eigenvalue weighted by atomic mass is 10.1. The van der Waals surface area contributed by atoms with Gasteiger partial charge in [-0.25, -0.2) is 5.43 Å². The predicted molar refractivity (Wildman–Crippen MR) is 84.2 cm³/mol. The molecule has 0 spiro atoms. The predicted octanol–water partition coefficient (Wildman–Crippen LogP) is -0.718. The monoisotopic (exact) mass is 333 g/mol. The van der Waals surface area contributed by atoms with Crippen LogP contribution in [0.4, 0.5) is 0 Å². The summed E-state index contributed by atoms with van der Waals surface area (Å²) < 4.78 is 29.6. The van der Waals surface area contributed by atoms with E-state index in [0.29, 0.717) is 6.54 Å². The molecular weight excluding hydrogens is 310 g/mol. The van der Waals surface area contributed by atoms with Crippen LogP contribution in [0.3, 0.4) is 0 Å². The van der Waals surface area contributed by atoms with E-state index < -0.39 is 15.7 Å². The maximum atomic E-state index is 10.5. The van der Waals surface area contributed by atoms with E-state index in [-0.39, 0.29) is 10.9 Å². The summed E-state index contributed by atoms with van der Waals surface area (Å²) in [5.74, 6) is 4.90. The molecule has 0 radical (unpaired) electrons. The summed E-state index contributed by atoms with van der Waals surface area (Å²) in [5.41, 5.74) is 10.5. The smallest absolute Gasteiger partial charge is 0.294 e. The number of nitrogens with zero attached hydrogens (tertiary/aromatic N) is 1. The molecule has 0 aromatic heterocycles. The van der Waals surface area contributed by atoms with Crippen LogP contribution in [0.2, 0.25) is 0 Å². The van der Waals surface area contributed by atoms with Gasteiger partial charge in [0.1, 0.15) is 0 Å². The molecule has 22 heavy (non-hydrogen) atoms. The van der Waals surface area contributed by atoms with Crippen molar-refractivity contribution in [1.29, 1.82) is 0 Å². The van der Waals surface area contributed by atoms with Gasteiger partial charge in [0.2, 0.25) is 5.96 Å². The molecule has 0 aliphatic heterocycles. The molecule has 0 heterocycles. The molecule has 0 saturated heterocycles. The highest BCUT2D eigenvalue weighted by Crippen LogP contribution is 2.08. The first-order chi connectivity index (χ1) is 9.95. The van der Waals surface area contributed by atoms with E-state index in [0.717, 1.165) is 5.56 Å². The van der Waals surface area contributed by atoms with Gasteiger partial charge in [0.25, 0.3) is 10.1 Å². The standard InChI is InChI=1S/C7H8O3S.C5H15N5O/c1-6-2-4-7(5-3-6)11(8,9)10;1-5(2,11)3-8-10-4(6)9-7/h2-5H,1H3,(H,8,9,10);8,11H,3,7H2,1-2H3,(H3,6,9,10). The van der Waals surface area contributed by atoms with Crippen molar-refractivity contribution in [2.75, 3.05) is 6.54 Å². The first-order valence-corrected chi connectivity index (χ1v) is 7.68. The second-order valence-corrected chi connectivity index (χ2v) is 6.51. The quantitative estimate of drug-likeness (QED) is 0.138. The lowest BCUT2D eigenvalue weighted by Crippen LogP contribution is -2.48. The van der Waals surface area contributed by atoms with Crippen LogP contribution >= 0.6 is 0 Å². The Balaban J connectivity index is 0.000000401. The number of nitrogens with two attached hydrogens (primary N) is 2. The third kappa shape index (κ3) is 9.94. The van der Waals surface area contributed by atoms with Crippen LogP contribution in [0, 0.1) is 6.92 Å². The molecule has 0 atom stereocenters.